The molecule has 0 saturated carbocycles. The fraction of sp³-hybridized carbons (Fsp3) is 0.613. The molecule has 0 aromatic heterocycles. The van der Waals surface area contributed by atoms with Crippen LogP contribution in [0.3, 0.4) is 0 Å². The number of unbranched alkanes of at least 4 members (excludes halogenated alkanes) is 20. The average molecular weight is 1600 g/mol. The van der Waals surface area contributed by atoms with E-state index in [0.29, 0.717) is 25.7 Å². The Hall–Kier alpha value is -6.10. The van der Waals surface area contributed by atoms with Gasteiger partial charge in [0, 0.05) is 25.7 Å². The largest absolute Gasteiger partial charge is 0.472 e. The monoisotopic (exact) mass is 1600 g/mol. The molecule has 3 N–H and O–H groups in total. The number of rotatable bonds is 78. The maximum Gasteiger partial charge on any atom is 0.472 e. The summed E-state index contributed by atoms with van der Waals surface area (Å²) < 4.78 is 68.8. The lowest BCUT2D eigenvalue weighted by molar-refractivity contribution is -0.161. The molecule has 0 aliphatic rings. The van der Waals surface area contributed by atoms with Gasteiger partial charge in [-0.2, -0.15) is 0 Å². The van der Waals surface area contributed by atoms with E-state index in [1.54, 1.807) is 0 Å². The van der Waals surface area contributed by atoms with Gasteiger partial charge in [0.15, 0.2) is 12.2 Å². The predicted octanol–water partition coefficient (Wildman–Crippen LogP) is 25.7. The summed E-state index contributed by atoms with van der Waals surface area (Å²) in [5.41, 5.74) is 0. The highest BCUT2D eigenvalue weighted by molar-refractivity contribution is 7.47. The Kier molecular flexibility index (Phi) is 78.4. The van der Waals surface area contributed by atoms with Gasteiger partial charge in [-0.1, -0.05) is 293 Å². The standard InChI is InChI=1S/C93H150O17P2/c1-5-9-13-17-21-25-29-33-37-40-43-46-50-53-57-61-65-69-73-77-90(95)103-83-88(109-92(97)79-75-71-67-63-59-55-49-36-32-28-24-20-16-12-8-4)85-107-111(99,100)105-81-87(94)82-106-112(101,102)108-86-89(110-93(98)80-76-72-68-64-60-56-52-48-45-42-39-35-31-27-23-19-15-11-7-3)84-104-91(96)78-74-70-66-62-58-54-51-47-44-41-38-34-30-26-22-18-14-10-6-2/h10-12,14-16,21-28,33-39,43-49,54,56,58,60,87-89,94H,5-9,13,17-20,29-32,40-42,50-53,55,57,59,61-86H2,1-4H3,(H,99,100)(H,101,102)/b14-10-,15-11-,16-12-,25-21-,26-22-,27-23-,28-24-,37-33-,38-34-,39-35-,46-43-,47-44-,48-45-,49-36-,58-54-,60-56-. The van der Waals surface area contributed by atoms with E-state index < -0.39 is 97.5 Å². The molecule has 5 unspecified atom stereocenters. The van der Waals surface area contributed by atoms with Gasteiger partial charge in [0.1, 0.15) is 19.3 Å². The molecule has 0 spiro atoms. The van der Waals surface area contributed by atoms with Crippen LogP contribution in [0.2, 0.25) is 0 Å². The van der Waals surface area contributed by atoms with Crippen LogP contribution >= 0.6 is 15.6 Å². The summed E-state index contributed by atoms with van der Waals surface area (Å²) in [6.07, 6.45) is 102. The Labute approximate surface area is 678 Å². The summed E-state index contributed by atoms with van der Waals surface area (Å²) in [5.74, 6) is -2.30. The van der Waals surface area contributed by atoms with Gasteiger partial charge in [-0.15, -0.1) is 0 Å². The lowest BCUT2D eigenvalue weighted by atomic mass is 10.1. The molecule has 112 heavy (non-hydrogen) atoms. The minimum atomic E-state index is -5.01. The highest BCUT2D eigenvalue weighted by Crippen LogP contribution is 2.45. The predicted molar refractivity (Wildman–Crippen MR) is 463 cm³/mol. The van der Waals surface area contributed by atoms with Crippen molar-refractivity contribution in [1.82, 2.24) is 0 Å². The highest BCUT2D eigenvalue weighted by Gasteiger charge is 2.30. The number of allylic oxidation sites excluding steroid dienone is 32. The zero-order valence-corrected chi connectivity index (χ0v) is 71.3. The maximum atomic E-state index is 13.1. The van der Waals surface area contributed by atoms with E-state index in [2.05, 4.69) is 222 Å². The van der Waals surface area contributed by atoms with E-state index in [9.17, 15) is 43.2 Å². The van der Waals surface area contributed by atoms with E-state index >= 15 is 0 Å². The molecule has 0 saturated heterocycles. The van der Waals surface area contributed by atoms with Crippen LogP contribution in [-0.2, 0) is 65.4 Å². The molecule has 17 nitrogen and oxygen atoms in total. The van der Waals surface area contributed by atoms with Gasteiger partial charge >= 0.3 is 39.5 Å². The van der Waals surface area contributed by atoms with Crippen molar-refractivity contribution in [2.24, 2.45) is 0 Å². The molecular formula is C93H150O17P2. The topological polar surface area (TPSA) is 237 Å². The van der Waals surface area contributed by atoms with Crippen molar-refractivity contribution in [1.29, 1.82) is 0 Å². The van der Waals surface area contributed by atoms with E-state index in [1.807, 2.05) is 0 Å². The Morgan fingerprint density at radius 3 is 0.723 bits per heavy atom. The maximum absolute atomic E-state index is 13.1. The van der Waals surface area contributed by atoms with Gasteiger partial charge in [-0.25, -0.2) is 9.13 Å². The fourth-order valence-electron chi connectivity index (χ4n) is 10.6. The SMILES string of the molecule is CC/C=C\C/C=C\C/C=C\C/C=C\C/C=C\CCCCCC(=O)OCC(COP(=O)(O)OCC(O)COP(=O)(O)OCC(COC(=O)CCCCCCCC/C=C\C/C=C\C/C=C\CCCCC)OC(=O)CCCCCCC/C=C\C/C=C\C/C=C\CC)OC(=O)CCCCC/C=C\C/C=C\C/C=C\C/C=C\C/C=C\CC. The lowest BCUT2D eigenvalue weighted by Gasteiger charge is -2.21. The Morgan fingerprint density at radius 1 is 0.259 bits per heavy atom. The van der Waals surface area contributed by atoms with Crippen LogP contribution in [0, 0.1) is 0 Å². The van der Waals surface area contributed by atoms with Crippen LogP contribution in [0.15, 0.2) is 194 Å². The number of phosphoric ester groups is 2. The molecule has 0 radical (unpaired) electrons. The quantitative estimate of drug-likeness (QED) is 0.0169. The van der Waals surface area contributed by atoms with Gasteiger partial charge in [-0.3, -0.25) is 37.3 Å². The number of carbonyl (C=O) groups is 4. The molecular weight excluding hydrogens is 1450 g/mol. The molecule has 5 atom stereocenters. The first-order chi connectivity index (χ1) is 54.7. The second-order valence-corrected chi connectivity index (χ2v) is 30.5. The molecule has 0 aromatic carbocycles. The van der Waals surface area contributed by atoms with Gasteiger partial charge in [0.25, 0.3) is 0 Å². The smallest absolute Gasteiger partial charge is 0.462 e. The first kappa shape index (κ1) is 106. The van der Waals surface area contributed by atoms with Gasteiger partial charge in [0.2, 0.25) is 0 Å². The summed E-state index contributed by atoms with van der Waals surface area (Å²) in [7, 11) is -10.0. The van der Waals surface area contributed by atoms with Crippen molar-refractivity contribution in [3.63, 3.8) is 0 Å². The fourth-order valence-corrected chi connectivity index (χ4v) is 12.2. The van der Waals surface area contributed by atoms with E-state index in [-0.39, 0.29) is 25.7 Å². The number of hydrogen-bond donors (Lipinski definition) is 3. The van der Waals surface area contributed by atoms with Crippen LogP contribution in [0.5, 0.6) is 0 Å². The molecule has 634 valence electrons. The summed E-state index contributed by atoms with van der Waals surface area (Å²) in [5, 5.41) is 10.7. The third-order valence-corrected chi connectivity index (χ3v) is 18.9. The summed E-state index contributed by atoms with van der Waals surface area (Å²) in [4.78, 5) is 73.3. The van der Waals surface area contributed by atoms with Crippen molar-refractivity contribution >= 4 is 39.5 Å². The molecule has 0 aliphatic heterocycles. The zero-order valence-electron chi connectivity index (χ0n) is 69.5. The summed E-state index contributed by atoms with van der Waals surface area (Å²) >= 11 is 0. The van der Waals surface area contributed by atoms with Gasteiger partial charge in [0.05, 0.1) is 26.4 Å². The molecule has 0 amide bonds. The number of ether oxygens (including phenoxy) is 4. The molecule has 0 fully saturated rings. The van der Waals surface area contributed by atoms with Crippen LogP contribution in [0.4, 0.5) is 0 Å². The minimum absolute atomic E-state index is 0.0395. The van der Waals surface area contributed by atoms with Crippen LogP contribution in [0.25, 0.3) is 0 Å². The Balaban J connectivity index is 5.49. The van der Waals surface area contributed by atoms with Crippen molar-refractivity contribution in [2.75, 3.05) is 39.6 Å². The summed E-state index contributed by atoms with van der Waals surface area (Å²) in [6, 6.07) is 0. The number of aliphatic hydroxyl groups is 1. The van der Waals surface area contributed by atoms with Crippen LogP contribution in [-0.4, -0.2) is 96.7 Å². The van der Waals surface area contributed by atoms with E-state index in [1.165, 1.54) is 19.3 Å². The summed E-state index contributed by atoms with van der Waals surface area (Å²) in [6.45, 7) is 4.40. The number of esters is 4. The Morgan fingerprint density at radius 2 is 0.464 bits per heavy atom. The molecule has 0 aliphatic carbocycles. The normalized spacial score (nSPS) is 14.7. The second kappa shape index (κ2) is 82.9. The van der Waals surface area contributed by atoms with Crippen molar-refractivity contribution < 1.29 is 80.2 Å². The van der Waals surface area contributed by atoms with Gasteiger partial charge in [-0.05, 0) is 186 Å². The first-order valence-electron chi connectivity index (χ1n) is 42.7. The molecule has 0 rings (SSSR count). The van der Waals surface area contributed by atoms with E-state index in [0.717, 1.165) is 212 Å². The van der Waals surface area contributed by atoms with Crippen LogP contribution in [0.1, 0.15) is 310 Å². The molecule has 0 aromatic rings. The molecule has 0 heterocycles. The molecule has 19 heteroatoms. The molecule has 0 bridgehead atoms. The van der Waals surface area contributed by atoms with E-state index in [4.69, 9.17) is 37.0 Å². The Bertz CT molecular complexity index is 2890. The van der Waals surface area contributed by atoms with Crippen molar-refractivity contribution in [3.8, 4) is 0 Å². The number of carbonyl (C=O) groups excluding carboxylic acids is 4. The zero-order chi connectivity index (χ0) is 81.7. The van der Waals surface area contributed by atoms with Crippen LogP contribution < -0.4 is 0 Å². The van der Waals surface area contributed by atoms with Crippen molar-refractivity contribution in [3.05, 3.63) is 194 Å². The minimum Gasteiger partial charge on any atom is -0.462 e. The number of hydrogen-bond acceptors (Lipinski definition) is 15. The third kappa shape index (κ3) is 81.9. The average Bonchev–Trinajstić information content (AvgIpc) is 0.898. The third-order valence-electron chi connectivity index (χ3n) is 17.0. The number of aliphatic hydroxyl groups excluding tert-OH is 1. The highest BCUT2D eigenvalue weighted by atomic mass is 31.2. The first-order valence-corrected chi connectivity index (χ1v) is 45.7. The van der Waals surface area contributed by atoms with Crippen molar-refractivity contribution in [2.45, 2.75) is 329 Å². The lowest BCUT2D eigenvalue weighted by Crippen LogP contribution is -2.30. The second-order valence-electron chi connectivity index (χ2n) is 27.6. The van der Waals surface area contributed by atoms with Gasteiger partial charge < -0.3 is 33.8 Å². The number of phosphoric acid groups is 2.